The van der Waals surface area contributed by atoms with Crippen LogP contribution in [0.4, 0.5) is 0 Å². The van der Waals surface area contributed by atoms with Crippen molar-refractivity contribution in [2.75, 3.05) is 7.05 Å². The normalized spacial score (nSPS) is 11.6. The number of rotatable bonds is 7. The molecule has 0 aliphatic heterocycles. The first-order valence-corrected chi connectivity index (χ1v) is 7.79. The SMILES string of the molecule is C/C(Cl)=C(\C(=O)Cc1ccccc1C=O)N(C)Cc1cnccn1. The summed E-state index contributed by atoms with van der Waals surface area (Å²) >= 11 is 6.15. The van der Waals surface area contributed by atoms with Crippen molar-refractivity contribution in [1.82, 2.24) is 14.9 Å². The van der Waals surface area contributed by atoms with E-state index >= 15 is 0 Å². The van der Waals surface area contributed by atoms with Crippen molar-refractivity contribution in [3.63, 3.8) is 0 Å². The fraction of sp³-hybridized carbons (Fsp3) is 0.222. The molecule has 0 saturated heterocycles. The molecule has 2 aromatic rings. The van der Waals surface area contributed by atoms with Crippen LogP contribution in [0.3, 0.4) is 0 Å². The summed E-state index contributed by atoms with van der Waals surface area (Å²) in [6, 6.07) is 7.03. The maximum absolute atomic E-state index is 12.7. The smallest absolute Gasteiger partial charge is 0.184 e. The number of halogens is 1. The second kappa shape index (κ2) is 8.36. The number of ketones is 1. The van der Waals surface area contributed by atoms with E-state index in [9.17, 15) is 9.59 Å². The first kappa shape index (κ1) is 17.8. The number of nitrogens with zero attached hydrogens (tertiary/aromatic N) is 3. The predicted octanol–water partition coefficient (Wildman–Crippen LogP) is 3.00. The van der Waals surface area contributed by atoms with Gasteiger partial charge in [0.25, 0.3) is 0 Å². The molecule has 6 heteroatoms. The number of hydrogen-bond donors (Lipinski definition) is 0. The zero-order valence-electron chi connectivity index (χ0n) is 13.6. The Hall–Kier alpha value is -2.53. The summed E-state index contributed by atoms with van der Waals surface area (Å²) in [6.45, 7) is 2.09. The lowest BCUT2D eigenvalue weighted by Crippen LogP contribution is -2.26. The van der Waals surface area contributed by atoms with Crippen molar-refractivity contribution in [1.29, 1.82) is 0 Å². The predicted molar refractivity (Wildman–Crippen MR) is 92.6 cm³/mol. The topological polar surface area (TPSA) is 63.2 Å². The first-order valence-electron chi connectivity index (χ1n) is 7.41. The van der Waals surface area contributed by atoms with Gasteiger partial charge in [-0.3, -0.25) is 19.6 Å². The molecular formula is C18H18ClN3O2. The summed E-state index contributed by atoms with van der Waals surface area (Å²) < 4.78 is 0. The number of likely N-dealkylation sites (N-methyl/N-ethyl adjacent to an activating group) is 1. The number of allylic oxidation sites excluding steroid dienone is 2. The van der Waals surface area contributed by atoms with Crippen LogP contribution in [0.15, 0.2) is 53.6 Å². The molecule has 0 atom stereocenters. The Balaban J connectivity index is 2.20. The van der Waals surface area contributed by atoms with E-state index in [0.717, 1.165) is 12.0 Å². The molecule has 0 aliphatic carbocycles. The lowest BCUT2D eigenvalue weighted by Gasteiger charge is -2.22. The fourth-order valence-electron chi connectivity index (χ4n) is 2.47. The minimum Gasteiger partial charge on any atom is -0.365 e. The molecule has 0 aliphatic rings. The monoisotopic (exact) mass is 343 g/mol. The lowest BCUT2D eigenvalue weighted by atomic mass is 10.0. The highest BCUT2D eigenvalue weighted by Crippen LogP contribution is 2.19. The van der Waals surface area contributed by atoms with E-state index in [1.165, 1.54) is 0 Å². The molecule has 0 spiro atoms. The summed E-state index contributed by atoms with van der Waals surface area (Å²) in [5, 5.41) is 0.398. The van der Waals surface area contributed by atoms with Crippen LogP contribution in [0.1, 0.15) is 28.5 Å². The molecular weight excluding hydrogens is 326 g/mol. The third kappa shape index (κ3) is 4.49. The second-order valence-corrected chi connectivity index (χ2v) is 5.92. The highest BCUT2D eigenvalue weighted by atomic mass is 35.5. The van der Waals surface area contributed by atoms with Gasteiger partial charge in [0.2, 0.25) is 0 Å². The van der Waals surface area contributed by atoms with Crippen molar-refractivity contribution in [2.24, 2.45) is 0 Å². The highest BCUT2D eigenvalue weighted by Gasteiger charge is 2.19. The van der Waals surface area contributed by atoms with E-state index in [1.54, 1.807) is 61.7 Å². The number of aromatic nitrogens is 2. The van der Waals surface area contributed by atoms with Crippen molar-refractivity contribution in [2.45, 2.75) is 19.9 Å². The van der Waals surface area contributed by atoms with Crippen LogP contribution in [0, 0.1) is 0 Å². The molecule has 0 radical (unpaired) electrons. The van der Waals surface area contributed by atoms with E-state index in [1.807, 2.05) is 0 Å². The van der Waals surface area contributed by atoms with Gasteiger partial charge in [0, 0.05) is 36.5 Å². The lowest BCUT2D eigenvalue weighted by molar-refractivity contribution is -0.116. The Bertz CT molecular complexity index is 756. The maximum Gasteiger partial charge on any atom is 0.184 e. The first-order chi connectivity index (χ1) is 11.5. The Labute approximate surface area is 146 Å². The van der Waals surface area contributed by atoms with Crippen molar-refractivity contribution < 1.29 is 9.59 Å². The Morgan fingerprint density at radius 2 is 2.04 bits per heavy atom. The summed E-state index contributed by atoms with van der Waals surface area (Å²) in [6.07, 6.45) is 5.70. The largest absolute Gasteiger partial charge is 0.365 e. The molecule has 0 unspecified atom stereocenters. The molecule has 0 amide bonds. The molecule has 0 saturated carbocycles. The van der Waals surface area contributed by atoms with Crippen LogP contribution in [-0.4, -0.2) is 34.0 Å². The van der Waals surface area contributed by atoms with E-state index in [4.69, 9.17) is 11.6 Å². The Morgan fingerprint density at radius 3 is 2.67 bits per heavy atom. The van der Waals surface area contributed by atoms with Gasteiger partial charge in [0.15, 0.2) is 5.78 Å². The summed E-state index contributed by atoms with van der Waals surface area (Å²) in [4.78, 5) is 33.8. The summed E-state index contributed by atoms with van der Waals surface area (Å²) in [5.74, 6) is -0.150. The van der Waals surface area contributed by atoms with Gasteiger partial charge in [-0.25, -0.2) is 0 Å². The van der Waals surface area contributed by atoms with Gasteiger partial charge in [0.05, 0.1) is 24.1 Å². The zero-order chi connectivity index (χ0) is 17.5. The fourth-order valence-corrected chi connectivity index (χ4v) is 2.72. The average molecular weight is 344 g/mol. The van der Waals surface area contributed by atoms with Crippen molar-refractivity contribution in [3.05, 3.63) is 70.4 Å². The van der Waals surface area contributed by atoms with Gasteiger partial charge in [-0.05, 0) is 12.5 Å². The summed E-state index contributed by atoms with van der Waals surface area (Å²) in [5.41, 5.74) is 2.33. The van der Waals surface area contributed by atoms with E-state index < -0.39 is 0 Å². The molecule has 1 heterocycles. The number of hydrogen-bond acceptors (Lipinski definition) is 5. The molecule has 24 heavy (non-hydrogen) atoms. The van der Waals surface area contributed by atoms with Crippen molar-refractivity contribution >= 4 is 23.7 Å². The number of carbonyl (C=O) groups is 2. The minimum absolute atomic E-state index is 0.110. The van der Waals surface area contributed by atoms with Gasteiger partial charge in [-0.15, -0.1) is 0 Å². The van der Waals surface area contributed by atoms with Crippen LogP contribution in [0.25, 0.3) is 0 Å². The number of Topliss-reactive ketones (excluding diaryl/α,β-unsaturated/α-hetero) is 1. The van der Waals surface area contributed by atoms with Crippen LogP contribution < -0.4 is 0 Å². The molecule has 5 nitrogen and oxygen atoms in total. The maximum atomic E-state index is 12.7. The van der Waals surface area contributed by atoms with E-state index in [2.05, 4.69) is 9.97 Å². The number of aldehydes is 1. The molecule has 2 rings (SSSR count). The molecule has 1 aromatic heterocycles. The number of benzene rings is 1. The van der Waals surface area contributed by atoms with E-state index in [-0.39, 0.29) is 12.2 Å². The minimum atomic E-state index is -0.150. The Morgan fingerprint density at radius 1 is 1.29 bits per heavy atom. The van der Waals surface area contributed by atoms with Gasteiger partial charge in [0.1, 0.15) is 6.29 Å². The standard InChI is InChI=1S/C18H18ClN3O2/c1-13(19)18(22(2)11-16-10-20-7-8-21-16)17(24)9-14-5-3-4-6-15(14)12-23/h3-8,10,12H,9,11H2,1-2H3/b18-13-. The van der Waals surface area contributed by atoms with Crippen LogP contribution in [0.2, 0.25) is 0 Å². The zero-order valence-corrected chi connectivity index (χ0v) is 14.3. The van der Waals surface area contributed by atoms with Crippen LogP contribution >= 0.6 is 11.6 Å². The Kier molecular flexibility index (Phi) is 6.21. The molecule has 0 N–H and O–H groups in total. The van der Waals surface area contributed by atoms with Crippen molar-refractivity contribution in [3.8, 4) is 0 Å². The van der Waals surface area contributed by atoms with Gasteiger partial charge >= 0.3 is 0 Å². The number of carbonyl (C=O) groups excluding carboxylic acids is 2. The summed E-state index contributed by atoms with van der Waals surface area (Å²) in [7, 11) is 1.78. The molecule has 124 valence electrons. The molecule has 1 aromatic carbocycles. The van der Waals surface area contributed by atoms with Crippen LogP contribution in [-0.2, 0) is 17.8 Å². The van der Waals surface area contributed by atoms with E-state index in [0.29, 0.717) is 28.4 Å². The second-order valence-electron chi connectivity index (χ2n) is 5.35. The highest BCUT2D eigenvalue weighted by molar-refractivity contribution is 6.31. The third-order valence-electron chi connectivity index (χ3n) is 3.52. The van der Waals surface area contributed by atoms with Crippen LogP contribution in [0.5, 0.6) is 0 Å². The quantitative estimate of drug-likeness (QED) is 0.571. The molecule has 0 fully saturated rings. The third-order valence-corrected chi connectivity index (χ3v) is 3.70. The van der Waals surface area contributed by atoms with Gasteiger partial charge < -0.3 is 4.90 Å². The average Bonchev–Trinajstić information content (AvgIpc) is 2.56. The van der Waals surface area contributed by atoms with Gasteiger partial charge in [-0.2, -0.15) is 0 Å². The molecule has 0 bridgehead atoms. The van der Waals surface area contributed by atoms with Gasteiger partial charge in [-0.1, -0.05) is 35.9 Å².